The molecule has 5 rings (SSSR count). The van der Waals surface area contributed by atoms with Crippen molar-refractivity contribution >= 4 is 29.0 Å². The van der Waals surface area contributed by atoms with Crippen LogP contribution in [0, 0.1) is 17.7 Å². The van der Waals surface area contributed by atoms with Gasteiger partial charge in [0.05, 0.1) is 29.5 Å². The number of nitrogen functional groups attached to an aromatic ring is 1. The molecule has 4 atom stereocenters. The van der Waals surface area contributed by atoms with Gasteiger partial charge in [0.15, 0.2) is 0 Å². The van der Waals surface area contributed by atoms with Gasteiger partial charge in [0, 0.05) is 38.3 Å². The summed E-state index contributed by atoms with van der Waals surface area (Å²) < 4.78 is 20.4. The van der Waals surface area contributed by atoms with E-state index in [4.69, 9.17) is 22.1 Å². The van der Waals surface area contributed by atoms with E-state index in [2.05, 4.69) is 15.3 Å². The number of benzene rings is 1. The molecule has 2 heterocycles. The van der Waals surface area contributed by atoms with Crippen molar-refractivity contribution in [3.63, 3.8) is 0 Å². The summed E-state index contributed by atoms with van der Waals surface area (Å²) in [5.74, 6) is 0.249. The van der Waals surface area contributed by atoms with E-state index in [9.17, 15) is 14.3 Å². The Labute approximate surface area is 203 Å². The van der Waals surface area contributed by atoms with Gasteiger partial charge in [0.2, 0.25) is 0 Å². The van der Waals surface area contributed by atoms with Crippen molar-refractivity contribution in [3.8, 4) is 0 Å². The number of amides is 1. The molecule has 3 unspecified atom stereocenters. The fraction of sp³-hybridized carbons (Fsp3) is 0.583. The maximum absolute atomic E-state index is 13.5. The molecule has 1 aromatic carbocycles. The number of hydrogen-bond acceptors (Lipinski definition) is 6. The van der Waals surface area contributed by atoms with Crippen LogP contribution in [-0.2, 0) is 11.8 Å². The molecule has 1 aromatic heterocycles. The average Bonchev–Trinajstić information content (AvgIpc) is 3.40. The van der Waals surface area contributed by atoms with Crippen molar-refractivity contribution < 1.29 is 19.0 Å². The lowest BCUT2D eigenvalue weighted by molar-refractivity contribution is -0.0326. The molecule has 34 heavy (non-hydrogen) atoms. The first-order chi connectivity index (χ1) is 16.2. The van der Waals surface area contributed by atoms with Crippen molar-refractivity contribution in [1.29, 1.82) is 0 Å². The highest BCUT2D eigenvalue weighted by molar-refractivity contribution is 6.31. The molecule has 0 spiro atoms. The topological polar surface area (TPSA) is 106 Å². The van der Waals surface area contributed by atoms with E-state index in [0.717, 1.165) is 52.0 Å². The van der Waals surface area contributed by atoms with Crippen LogP contribution in [0.3, 0.4) is 0 Å². The first kappa shape index (κ1) is 23.5. The van der Waals surface area contributed by atoms with Crippen molar-refractivity contribution in [2.24, 2.45) is 18.9 Å². The van der Waals surface area contributed by atoms with Gasteiger partial charge in [-0.3, -0.25) is 14.4 Å². The highest BCUT2D eigenvalue weighted by Crippen LogP contribution is 2.54. The fourth-order valence-electron chi connectivity index (χ4n) is 6.14. The molecule has 3 fully saturated rings. The highest BCUT2D eigenvalue weighted by Gasteiger charge is 2.50. The van der Waals surface area contributed by atoms with Gasteiger partial charge < -0.3 is 20.9 Å². The quantitative estimate of drug-likeness (QED) is 0.593. The van der Waals surface area contributed by atoms with Crippen LogP contribution in [0.2, 0.25) is 5.02 Å². The number of aryl methyl sites for hydroxylation is 1. The molecule has 1 amide bonds. The number of nitrogens with one attached hydrogen (secondary N) is 1. The molecule has 0 bridgehead atoms. The maximum atomic E-state index is 13.5. The summed E-state index contributed by atoms with van der Waals surface area (Å²) in [6.07, 6.45) is 3.28. The molecular formula is C24H31ClFN5O3. The lowest BCUT2D eigenvalue weighted by atomic mass is 9.91. The minimum absolute atomic E-state index is 0.0645. The molecule has 2 aromatic rings. The van der Waals surface area contributed by atoms with Crippen LogP contribution in [0.4, 0.5) is 15.9 Å². The number of aromatic nitrogens is 2. The molecule has 8 nitrogen and oxygen atoms in total. The van der Waals surface area contributed by atoms with Gasteiger partial charge in [-0.05, 0) is 55.7 Å². The number of carbonyl (C=O) groups excluding carboxylic acids is 1. The first-order valence-corrected chi connectivity index (χ1v) is 12.2. The zero-order valence-corrected chi connectivity index (χ0v) is 20.0. The monoisotopic (exact) mass is 491 g/mol. The van der Waals surface area contributed by atoms with Crippen LogP contribution in [0.1, 0.15) is 47.7 Å². The number of anilines is 2. The van der Waals surface area contributed by atoms with Crippen LogP contribution in [-0.4, -0.2) is 64.1 Å². The summed E-state index contributed by atoms with van der Waals surface area (Å²) in [6.45, 7) is 3.87. The Morgan fingerprint density at radius 1 is 1.32 bits per heavy atom. The average molecular weight is 492 g/mol. The van der Waals surface area contributed by atoms with Crippen LogP contribution < -0.4 is 11.1 Å². The molecule has 3 aliphatic rings. The molecule has 4 N–H and O–H groups in total. The third kappa shape index (κ3) is 4.54. The summed E-state index contributed by atoms with van der Waals surface area (Å²) in [5, 5.41) is 18.6. The van der Waals surface area contributed by atoms with E-state index in [-0.39, 0.29) is 16.8 Å². The van der Waals surface area contributed by atoms with E-state index in [1.165, 1.54) is 22.9 Å². The van der Waals surface area contributed by atoms with Gasteiger partial charge in [-0.1, -0.05) is 11.6 Å². The zero-order chi connectivity index (χ0) is 24.0. The van der Waals surface area contributed by atoms with E-state index in [1.807, 2.05) is 0 Å². The standard InChI is InChI=1S/C24H31ClFN5O3/c1-30-22(27)20(23(32)28-17-2-3-19(26)18(25)10-17)21(29-30)14-8-15-11-24(33,12-16(15)9-14)13-31-4-6-34-7-5-31/h2-3,10,14-16,33H,4-9,11-13,27H2,1H3,(H,28,32)/t14?,15-,16?,24?/m1/s1. The number of nitrogens with two attached hydrogens (primary N) is 1. The number of fused-ring (bicyclic) bond motifs is 1. The Bertz CT molecular complexity index is 1070. The molecule has 10 heteroatoms. The van der Waals surface area contributed by atoms with E-state index >= 15 is 0 Å². The normalized spacial score (nSPS) is 29.4. The van der Waals surface area contributed by atoms with E-state index in [0.29, 0.717) is 41.1 Å². The summed E-state index contributed by atoms with van der Waals surface area (Å²) in [5.41, 5.74) is 7.02. The predicted octanol–water partition coefficient (Wildman–Crippen LogP) is 3.01. The van der Waals surface area contributed by atoms with Gasteiger partial charge in [0.1, 0.15) is 17.2 Å². The van der Waals surface area contributed by atoms with Crippen LogP contribution in [0.25, 0.3) is 0 Å². The molecular weight excluding hydrogens is 461 g/mol. The third-order valence-corrected chi connectivity index (χ3v) is 7.95. The second kappa shape index (κ2) is 9.11. The molecule has 1 saturated heterocycles. The number of nitrogens with zero attached hydrogens (tertiary/aromatic N) is 3. The van der Waals surface area contributed by atoms with Gasteiger partial charge in [-0.2, -0.15) is 5.10 Å². The smallest absolute Gasteiger partial charge is 0.261 e. The van der Waals surface area contributed by atoms with Crippen molar-refractivity contribution in [1.82, 2.24) is 14.7 Å². The molecule has 184 valence electrons. The van der Waals surface area contributed by atoms with Crippen LogP contribution in [0.5, 0.6) is 0 Å². The van der Waals surface area contributed by atoms with E-state index in [1.54, 1.807) is 7.05 Å². The van der Waals surface area contributed by atoms with Gasteiger partial charge >= 0.3 is 0 Å². The van der Waals surface area contributed by atoms with Gasteiger partial charge in [-0.25, -0.2) is 4.39 Å². The minimum Gasteiger partial charge on any atom is -0.389 e. The second-order valence-electron chi connectivity index (χ2n) is 10.1. The Balaban J connectivity index is 1.29. The molecule has 1 aliphatic heterocycles. The number of hydrogen-bond donors (Lipinski definition) is 3. The second-order valence-corrected chi connectivity index (χ2v) is 10.5. The van der Waals surface area contributed by atoms with Gasteiger partial charge in [-0.15, -0.1) is 0 Å². The Hall–Kier alpha value is -2.20. The molecule has 2 saturated carbocycles. The van der Waals surface area contributed by atoms with Crippen molar-refractivity contribution in [2.45, 2.75) is 37.2 Å². The number of halogens is 2. The molecule has 0 radical (unpaired) electrons. The van der Waals surface area contributed by atoms with Crippen molar-refractivity contribution in [2.75, 3.05) is 43.9 Å². The highest BCUT2D eigenvalue weighted by atomic mass is 35.5. The lowest BCUT2D eigenvalue weighted by Gasteiger charge is -2.34. The van der Waals surface area contributed by atoms with Crippen LogP contribution >= 0.6 is 11.6 Å². The zero-order valence-electron chi connectivity index (χ0n) is 19.3. The predicted molar refractivity (Wildman–Crippen MR) is 127 cm³/mol. The Kier molecular flexibility index (Phi) is 6.31. The minimum atomic E-state index is -0.664. The Morgan fingerprint density at radius 2 is 2.00 bits per heavy atom. The fourth-order valence-corrected chi connectivity index (χ4v) is 6.32. The van der Waals surface area contributed by atoms with Crippen molar-refractivity contribution in [3.05, 3.63) is 40.3 Å². The van der Waals surface area contributed by atoms with E-state index < -0.39 is 11.4 Å². The number of carbonyl (C=O) groups is 1. The number of aliphatic hydroxyl groups is 1. The number of morpholine rings is 1. The SMILES string of the molecule is Cn1nc(C2CC3CC(O)(CN4CCOCC4)C[C@H]3C2)c(C(=O)Nc2ccc(F)c(Cl)c2)c1N. The Morgan fingerprint density at radius 3 is 2.65 bits per heavy atom. The summed E-state index contributed by atoms with van der Waals surface area (Å²) in [6, 6.07) is 4.04. The lowest BCUT2D eigenvalue weighted by Crippen LogP contribution is -2.46. The van der Waals surface area contributed by atoms with Crippen LogP contribution in [0.15, 0.2) is 18.2 Å². The largest absolute Gasteiger partial charge is 0.389 e. The number of β-amino-alcohol motifs (C(OH)–C–C–N with tert-alkyl or cyclic N) is 1. The summed E-state index contributed by atoms with van der Waals surface area (Å²) in [7, 11) is 1.72. The maximum Gasteiger partial charge on any atom is 0.261 e. The molecule has 2 aliphatic carbocycles. The summed E-state index contributed by atoms with van der Waals surface area (Å²) in [4.78, 5) is 15.5. The van der Waals surface area contributed by atoms with Gasteiger partial charge in [0.25, 0.3) is 5.91 Å². The first-order valence-electron chi connectivity index (χ1n) is 11.8. The third-order valence-electron chi connectivity index (χ3n) is 7.66. The summed E-state index contributed by atoms with van der Waals surface area (Å²) >= 11 is 5.86. The number of rotatable bonds is 5. The number of ether oxygens (including phenoxy) is 1.